The number of ether oxygens (including phenoxy) is 2. The summed E-state index contributed by atoms with van der Waals surface area (Å²) in [6.07, 6.45) is 7.26. The molecule has 0 radical (unpaired) electrons. The Morgan fingerprint density at radius 3 is 2.25 bits per heavy atom. The van der Waals surface area contributed by atoms with E-state index in [-0.39, 0.29) is 12.1 Å². The lowest BCUT2D eigenvalue weighted by Crippen LogP contribution is -2.01. The second-order valence-corrected chi connectivity index (χ2v) is 5.66. The Balaban J connectivity index is 1.98. The van der Waals surface area contributed by atoms with Crippen LogP contribution in [-0.2, 0) is 14.4 Å². The summed E-state index contributed by atoms with van der Waals surface area (Å²) in [5.74, 6) is 0.478. The molecule has 0 heterocycles. The molecule has 1 aromatic carbocycles. The van der Waals surface area contributed by atoms with Crippen molar-refractivity contribution in [2.45, 2.75) is 51.6 Å². The molecule has 0 amide bonds. The topological polar surface area (TPSA) is 65.0 Å². The molecule has 0 saturated carbocycles. The molecule has 1 atom stereocenters. The van der Waals surface area contributed by atoms with Crippen molar-refractivity contribution in [1.29, 1.82) is 0 Å². The van der Waals surface area contributed by atoms with E-state index >= 15 is 0 Å². The summed E-state index contributed by atoms with van der Waals surface area (Å²) in [4.78, 5) is 15.1. The van der Waals surface area contributed by atoms with E-state index in [0.717, 1.165) is 49.8 Å². The van der Waals surface area contributed by atoms with E-state index in [0.29, 0.717) is 13.2 Å². The minimum Gasteiger partial charge on any atom is -0.494 e. The number of carbonyl (C=O) groups excluding carboxylic acids is 1. The SMILES string of the molecule is C=CC(=O)OCCCCCCCCOc1ccc([C@H](C)OO)cc1. The van der Waals surface area contributed by atoms with E-state index in [2.05, 4.69) is 11.5 Å². The molecule has 0 bridgehead atoms. The summed E-state index contributed by atoms with van der Waals surface area (Å²) in [6.45, 7) is 6.30. The lowest BCUT2D eigenvalue weighted by molar-refractivity contribution is -0.277. The normalized spacial score (nSPS) is 11.8. The van der Waals surface area contributed by atoms with Gasteiger partial charge in [-0.05, 0) is 37.5 Å². The molecular weight excluding hydrogens is 308 g/mol. The molecule has 1 aromatic rings. The highest BCUT2D eigenvalue weighted by Crippen LogP contribution is 2.19. The Kier molecular flexibility index (Phi) is 10.6. The van der Waals surface area contributed by atoms with Crippen molar-refractivity contribution in [2.24, 2.45) is 0 Å². The number of benzene rings is 1. The highest BCUT2D eigenvalue weighted by Gasteiger charge is 2.04. The van der Waals surface area contributed by atoms with Crippen molar-refractivity contribution in [2.75, 3.05) is 13.2 Å². The Hall–Kier alpha value is -1.85. The number of hydrogen-bond donors (Lipinski definition) is 1. The van der Waals surface area contributed by atoms with Crippen LogP contribution < -0.4 is 4.74 Å². The lowest BCUT2D eigenvalue weighted by Gasteiger charge is -2.10. The molecule has 0 aliphatic heterocycles. The van der Waals surface area contributed by atoms with Crippen LogP contribution in [-0.4, -0.2) is 24.4 Å². The first kappa shape index (κ1) is 20.2. The van der Waals surface area contributed by atoms with Crippen molar-refractivity contribution in [3.05, 3.63) is 42.5 Å². The molecule has 0 saturated heterocycles. The Morgan fingerprint density at radius 1 is 1.08 bits per heavy atom. The smallest absolute Gasteiger partial charge is 0.330 e. The molecular formula is C19H28O5. The predicted octanol–water partition coefficient (Wildman–Crippen LogP) is 4.69. The van der Waals surface area contributed by atoms with Gasteiger partial charge in [-0.25, -0.2) is 9.68 Å². The zero-order chi connectivity index (χ0) is 17.6. The van der Waals surface area contributed by atoms with Crippen molar-refractivity contribution in [3.8, 4) is 5.75 Å². The standard InChI is InChI=1S/C19H28O5/c1-3-19(20)23-15-9-7-5-4-6-8-14-22-18-12-10-17(11-13-18)16(2)24-21/h3,10-13,16,21H,1,4-9,14-15H2,2H3/t16-/m0/s1. The molecule has 0 aliphatic carbocycles. The van der Waals surface area contributed by atoms with Crippen LogP contribution in [0.3, 0.4) is 0 Å². The van der Waals surface area contributed by atoms with Gasteiger partial charge in [-0.15, -0.1) is 0 Å². The zero-order valence-corrected chi connectivity index (χ0v) is 14.4. The molecule has 0 spiro atoms. The van der Waals surface area contributed by atoms with E-state index in [1.807, 2.05) is 24.3 Å². The number of esters is 1. The highest BCUT2D eigenvalue weighted by molar-refractivity contribution is 5.81. The second kappa shape index (κ2) is 12.6. The van der Waals surface area contributed by atoms with Gasteiger partial charge in [0.1, 0.15) is 11.9 Å². The molecule has 1 N–H and O–H groups in total. The molecule has 24 heavy (non-hydrogen) atoms. The van der Waals surface area contributed by atoms with Crippen molar-refractivity contribution in [1.82, 2.24) is 0 Å². The third-order valence-electron chi connectivity index (χ3n) is 3.73. The van der Waals surface area contributed by atoms with Crippen molar-refractivity contribution in [3.63, 3.8) is 0 Å². The molecule has 1 rings (SSSR count). The summed E-state index contributed by atoms with van der Waals surface area (Å²) in [5, 5.41) is 8.63. The van der Waals surface area contributed by atoms with Gasteiger partial charge in [-0.3, -0.25) is 5.26 Å². The Morgan fingerprint density at radius 2 is 1.67 bits per heavy atom. The van der Waals surface area contributed by atoms with Crippen LogP contribution in [0.1, 0.15) is 57.1 Å². The molecule has 0 fully saturated rings. The van der Waals surface area contributed by atoms with Crippen LogP contribution in [0.4, 0.5) is 0 Å². The predicted molar refractivity (Wildman–Crippen MR) is 92.9 cm³/mol. The number of unbranched alkanes of at least 4 members (excludes halogenated alkanes) is 5. The van der Waals surface area contributed by atoms with Gasteiger partial charge in [-0.1, -0.05) is 44.4 Å². The summed E-state index contributed by atoms with van der Waals surface area (Å²) in [6, 6.07) is 7.54. The van der Waals surface area contributed by atoms with E-state index in [9.17, 15) is 4.79 Å². The fourth-order valence-corrected chi connectivity index (χ4v) is 2.23. The Labute approximate surface area is 144 Å². The average molecular weight is 336 g/mol. The first-order chi connectivity index (χ1) is 11.7. The van der Waals surface area contributed by atoms with Crippen LogP contribution in [0, 0.1) is 0 Å². The lowest BCUT2D eigenvalue weighted by atomic mass is 10.1. The van der Waals surface area contributed by atoms with E-state index in [1.165, 1.54) is 6.08 Å². The fraction of sp³-hybridized carbons (Fsp3) is 0.526. The molecule has 5 nitrogen and oxygen atoms in total. The molecule has 0 aromatic heterocycles. The van der Waals surface area contributed by atoms with Crippen LogP contribution in [0.25, 0.3) is 0 Å². The largest absolute Gasteiger partial charge is 0.494 e. The second-order valence-electron chi connectivity index (χ2n) is 5.66. The molecule has 134 valence electrons. The van der Waals surface area contributed by atoms with Crippen LogP contribution in [0.15, 0.2) is 36.9 Å². The van der Waals surface area contributed by atoms with Gasteiger partial charge >= 0.3 is 5.97 Å². The van der Waals surface area contributed by atoms with Crippen LogP contribution in [0.5, 0.6) is 5.75 Å². The van der Waals surface area contributed by atoms with Gasteiger partial charge in [-0.2, -0.15) is 0 Å². The van der Waals surface area contributed by atoms with E-state index in [1.54, 1.807) is 6.92 Å². The Bertz CT molecular complexity index is 469. The molecule has 0 unspecified atom stereocenters. The number of rotatable bonds is 13. The van der Waals surface area contributed by atoms with E-state index in [4.69, 9.17) is 14.7 Å². The highest BCUT2D eigenvalue weighted by atomic mass is 17.1. The maximum absolute atomic E-state index is 10.8. The van der Waals surface area contributed by atoms with Crippen molar-refractivity contribution >= 4 is 5.97 Å². The number of carbonyl (C=O) groups is 1. The van der Waals surface area contributed by atoms with Gasteiger partial charge in [0.15, 0.2) is 0 Å². The first-order valence-electron chi connectivity index (χ1n) is 8.49. The van der Waals surface area contributed by atoms with Crippen LogP contribution >= 0.6 is 0 Å². The fourth-order valence-electron chi connectivity index (χ4n) is 2.23. The van der Waals surface area contributed by atoms with Crippen LogP contribution in [0.2, 0.25) is 0 Å². The minimum atomic E-state index is -0.349. The molecule has 5 heteroatoms. The van der Waals surface area contributed by atoms with Gasteiger partial charge in [0.05, 0.1) is 13.2 Å². The average Bonchev–Trinajstić information content (AvgIpc) is 2.62. The minimum absolute atomic E-state index is 0.334. The summed E-state index contributed by atoms with van der Waals surface area (Å²) >= 11 is 0. The third-order valence-corrected chi connectivity index (χ3v) is 3.73. The van der Waals surface area contributed by atoms with E-state index < -0.39 is 0 Å². The summed E-state index contributed by atoms with van der Waals surface area (Å²) in [7, 11) is 0. The zero-order valence-electron chi connectivity index (χ0n) is 14.4. The third kappa shape index (κ3) is 8.70. The summed E-state index contributed by atoms with van der Waals surface area (Å²) < 4.78 is 10.6. The maximum atomic E-state index is 10.8. The number of hydrogen-bond acceptors (Lipinski definition) is 5. The molecule has 0 aliphatic rings. The van der Waals surface area contributed by atoms with Gasteiger partial charge in [0.25, 0.3) is 0 Å². The van der Waals surface area contributed by atoms with Gasteiger partial charge < -0.3 is 9.47 Å². The maximum Gasteiger partial charge on any atom is 0.330 e. The van der Waals surface area contributed by atoms with Gasteiger partial charge in [0, 0.05) is 6.08 Å². The monoisotopic (exact) mass is 336 g/mol. The van der Waals surface area contributed by atoms with Gasteiger partial charge in [0.2, 0.25) is 0 Å². The van der Waals surface area contributed by atoms with Crippen molar-refractivity contribution < 1.29 is 24.4 Å². The first-order valence-corrected chi connectivity index (χ1v) is 8.49. The quantitative estimate of drug-likeness (QED) is 0.186. The summed E-state index contributed by atoms with van der Waals surface area (Å²) in [5.41, 5.74) is 0.906.